The molecule has 0 spiro atoms. The number of hydrogen-bond acceptors (Lipinski definition) is 3. The van der Waals surface area contributed by atoms with Crippen LogP contribution in [-0.4, -0.2) is 17.7 Å². The number of epoxide rings is 1. The molecule has 1 aliphatic heterocycles. The van der Waals surface area contributed by atoms with E-state index in [1.165, 1.54) is 0 Å². The van der Waals surface area contributed by atoms with Gasteiger partial charge in [-0.1, -0.05) is 0 Å². The second-order valence-electron chi connectivity index (χ2n) is 2.42. The van der Waals surface area contributed by atoms with Crippen LogP contribution in [0.4, 0.5) is 0 Å². The van der Waals surface area contributed by atoms with E-state index in [0.717, 1.165) is 0 Å². The van der Waals surface area contributed by atoms with Crippen LogP contribution in [0, 0.1) is 0 Å². The molecule has 3 nitrogen and oxygen atoms in total. The van der Waals surface area contributed by atoms with Crippen LogP contribution in [0.3, 0.4) is 0 Å². The van der Waals surface area contributed by atoms with Crippen molar-refractivity contribution in [2.24, 2.45) is 0 Å². The zero-order chi connectivity index (χ0) is 6.36. The van der Waals surface area contributed by atoms with Crippen molar-refractivity contribution in [3.8, 4) is 0 Å². The maximum Gasteiger partial charge on any atom is 1.00 e. The third-order valence-corrected chi connectivity index (χ3v) is 1.21. The van der Waals surface area contributed by atoms with Crippen molar-refractivity contribution in [1.82, 2.24) is 0 Å². The molecule has 0 aromatic heterocycles. The predicted octanol–water partition coefficient (Wildman–Crippen LogP) is -4.08. The topological polar surface area (TPSA) is 52.7 Å². The van der Waals surface area contributed by atoms with Gasteiger partial charge in [-0.25, -0.2) is 0 Å². The summed E-state index contributed by atoms with van der Waals surface area (Å²) in [5.41, 5.74) is -0.473. The number of rotatable bonds is 1. The third kappa shape index (κ3) is 1.93. The smallest absolute Gasteiger partial charge is 0.547 e. The SMILES string of the molecule is CC1(C)OC1C(=O)[O-].[Na+]. The molecule has 0 aromatic rings. The first-order chi connectivity index (χ1) is 3.54. The van der Waals surface area contributed by atoms with E-state index in [-0.39, 0.29) is 29.6 Å². The second-order valence-corrected chi connectivity index (χ2v) is 2.42. The number of carboxylic acids is 1. The fourth-order valence-electron chi connectivity index (χ4n) is 0.602. The van der Waals surface area contributed by atoms with Crippen LogP contribution in [0.5, 0.6) is 0 Å². The Kier molecular flexibility index (Phi) is 2.70. The average Bonchev–Trinajstić information content (AvgIpc) is 2.13. The first-order valence-electron chi connectivity index (χ1n) is 2.43. The number of carbonyl (C=O) groups is 1. The average molecular weight is 138 g/mol. The summed E-state index contributed by atoms with van der Waals surface area (Å²) in [6, 6.07) is 0. The molecule has 0 saturated carbocycles. The molecule has 0 aromatic carbocycles. The Morgan fingerprint density at radius 2 is 2.00 bits per heavy atom. The maximum atomic E-state index is 9.94. The van der Waals surface area contributed by atoms with Crippen molar-refractivity contribution in [2.45, 2.75) is 25.6 Å². The largest absolute Gasteiger partial charge is 1.00 e. The molecule has 1 atom stereocenters. The van der Waals surface area contributed by atoms with Gasteiger partial charge in [0.05, 0.1) is 11.6 Å². The summed E-state index contributed by atoms with van der Waals surface area (Å²) in [5.74, 6) is -1.12. The molecule has 0 amide bonds. The maximum absolute atomic E-state index is 9.94. The van der Waals surface area contributed by atoms with E-state index in [2.05, 4.69) is 0 Å². The summed E-state index contributed by atoms with van der Waals surface area (Å²) in [5, 5.41) is 9.94. The van der Waals surface area contributed by atoms with Gasteiger partial charge in [0.15, 0.2) is 0 Å². The van der Waals surface area contributed by atoms with E-state index in [1.54, 1.807) is 13.8 Å². The number of carboxylic acid groups (broad SMARTS) is 1. The van der Waals surface area contributed by atoms with Gasteiger partial charge in [-0.2, -0.15) is 0 Å². The minimum absolute atomic E-state index is 0. The Bertz CT molecular complexity index is 132. The van der Waals surface area contributed by atoms with Gasteiger partial charge < -0.3 is 14.6 Å². The predicted molar refractivity (Wildman–Crippen MR) is 24.0 cm³/mol. The first-order valence-corrected chi connectivity index (χ1v) is 2.43. The van der Waals surface area contributed by atoms with Crippen LogP contribution in [0.15, 0.2) is 0 Å². The summed E-state index contributed by atoms with van der Waals surface area (Å²) < 4.78 is 4.70. The molecule has 0 N–H and O–H groups in total. The third-order valence-electron chi connectivity index (χ3n) is 1.21. The fraction of sp³-hybridized carbons (Fsp3) is 0.800. The molecule has 9 heavy (non-hydrogen) atoms. The molecule has 1 aliphatic rings. The number of aliphatic carboxylic acids is 1. The minimum atomic E-state index is -1.12. The van der Waals surface area contributed by atoms with Crippen LogP contribution in [-0.2, 0) is 9.53 Å². The molecule has 1 saturated heterocycles. The second kappa shape index (κ2) is 2.58. The normalized spacial score (nSPS) is 28.4. The van der Waals surface area contributed by atoms with Gasteiger partial charge in [0.1, 0.15) is 6.10 Å². The molecule has 1 fully saturated rings. The molecule has 1 rings (SSSR count). The summed E-state index contributed by atoms with van der Waals surface area (Å²) in [7, 11) is 0. The Morgan fingerprint density at radius 3 is 2.00 bits per heavy atom. The molecule has 0 aliphatic carbocycles. The molecule has 0 bridgehead atoms. The van der Waals surface area contributed by atoms with Crippen LogP contribution in [0.1, 0.15) is 13.8 Å². The van der Waals surface area contributed by atoms with Crippen molar-refractivity contribution in [2.75, 3.05) is 0 Å². The van der Waals surface area contributed by atoms with Crippen LogP contribution >= 0.6 is 0 Å². The van der Waals surface area contributed by atoms with Gasteiger partial charge in [-0.05, 0) is 13.8 Å². The zero-order valence-electron chi connectivity index (χ0n) is 5.80. The molecule has 1 heterocycles. The van der Waals surface area contributed by atoms with Crippen molar-refractivity contribution >= 4 is 5.97 Å². The minimum Gasteiger partial charge on any atom is -0.547 e. The molecule has 0 radical (unpaired) electrons. The molecular weight excluding hydrogens is 131 g/mol. The van der Waals surface area contributed by atoms with Gasteiger partial charge in [-0.3, -0.25) is 0 Å². The zero-order valence-corrected chi connectivity index (χ0v) is 7.80. The van der Waals surface area contributed by atoms with Crippen molar-refractivity contribution in [1.29, 1.82) is 0 Å². The first kappa shape index (κ1) is 9.43. The summed E-state index contributed by atoms with van der Waals surface area (Å²) in [6.07, 6.45) is -0.678. The summed E-state index contributed by atoms with van der Waals surface area (Å²) in [6.45, 7) is 3.43. The fourth-order valence-corrected chi connectivity index (χ4v) is 0.602. The van der Waals surface area contributed by atoms with E-state index in [0.29, 0.717) is 0 Å². The van der Waals surface area contributed by atoms with Gasteiger partial charge in [-0.15, -0.1) is 0 Å². The van der Waals surface area contributed by atoms with Gasteiger partial charge in [0, 0.05) is 0 Å². The van der Waals surface area contributed by atoms with Crippen molar-refractivity contribution in [3.63, 3.8) is 0 Å². The van der Waals surface area contributed by atoms with E-state index in [1.807, 2.05) is 0 Å². The van der Waals surface area contributed by atoms with Gasteiger partial charge in [0.25, 0.3) is 0 Å². The molecule has 1 unspecified atom stereocenters. The van der Waals surface area contributed by atoms with Crippen LogP contribution in [0.2, 0.25) is 0 Å². The van der Waals surface area contributed by atoms with Crippen LogP contribution < -0.4 is 34.7 Å². The summed E-state index contributed by atoms with van der Waals surface area (Å²) >= 11 is 0. The Hall–Kier alpha value is 0.430. The Balaban J connectivity index is 0.000000640. The van der Waals surface area contributed by atoms with Crippen molar-refractivity contribution < 1.29 is 44.2 Å². The molecular formula is C5H7NaO3. The quantitative estimate of drug-likeness (QED) is 0.273. The van der Waals surface area contributed by atoms with Crippen LogP contribution in [0.25, 0.3) is 0 Å². The summed E-state index contributed by atoms with van der Waals surface area (Å²) in [4.78, 5) is 9.94. The number of hydrogen-bond donors (Lipinski definition) is 0. The monoisotopic (exact) mass is 138 g/mol. The standard InChI is InChI=1S/C5H8O3.Na/c1-5(2)3(8-5)4(6)7;/h3H,1-2H3,(H,6,7);/q;+1/p-1. The molecule has 4 heteroatoms. The number of carbonyl (C=O) groups excluding carboxylic acids is 1. The van der Waals surface area contributed by atoms with E-state index >= 15 is 0 Å². The Morgan fingerprint density at radius 1 is 1.67 bits per heavy atom. The van der Waals surface area contributed by atoms with E-state index < -0.39 is 17.7 Å². The van der Waals surface area contributed by atoms with Crippen molar-refractivity contribution in [3.05, 3.63) is 0 Å². The van der Waals surface area contributed by atoms with E-state index in [9.17, 15) is 9.90 Å². The van der Waals surface area contributed by atoms with E-state index in [4.69, 9.17) is 4.74 Å². The molecule has 46 valence electrons. The van der Waals surface area contributed by atoms with Gasteiger partial charge >= 0.3 is 29.6 Å². The number of ether oxygens (including phenoxy) is 1. The Labute approximate surface area is 75.7 Å². The van der Waals surface area contributed by atoms with Gasteiger partial charge in [0.2, 0.25) is 0 Å².